The Balaban J connectivity index is 2.17. The minimum atomic E-state index is 0.202. The fourth-order valence-corrected chi connectivity index (χ4v) is 4.76. The highest BCUT2D eigenvalue weighted by Gasteiger charge is 2.33. The van der Waals surface area contributed by atoms with Crippen LogP contribution in [-0.4, -0.2) is 22.8 Å². The number of nitriles is 1. The third kappa shape index (κ3) is 3.21. The van der Waals surface area contributed by atoms with Crippen molar-refractivity contribution in [3.05, 3.63) is 22.4 Å². The molecule has 1 saturated heterocycles. The monoisotopic (exact) mass is 329 g/mol. The van der Waals surface area contributed by atoms with Gasteiger partial charge in [0, 0.05) is 29.2 Å². The van der Waals surface area contributed by atoms with Crippen LogP contribution in [0, 0.1) is 11.3 Å². The van der Waals surface area contributed by atoms with Crippen molar-refractivity contribution in [2.45, 2.75) is 69.8 Å². The average Bonchev–Trinajstić information content (AvgIpc) is 2.53. The molecule has 3 rings (SSSR count). The van der Waals surface area contributed by atoms with Gasteiger partial charge in [0.2, 0.25) is 0 Å². The van der Waals surface area contributed by atoms with E-state index in [2.05, 4.69) is 38.7 Å². The highest BCUT2D eigenvalue weighted by Crippen LogP contribution is 2.44. The molecule has 0 aromatic carbocycles. The van der Waals surface area contributed by atoms with Gasteiger partial charge in [0.05, 0.1) is 11.3 Å². The molecule has 0 N–H and O–H groups in total. The second-order valence-electron chi connectivity index (χ2n) is 7.69. The van der Waals surface area contributed by atoms with Gasteiger partial charge in [-0.1, -0.05) is 27.7 Å². The first-order valence-corrected chi connectivity index (χ1v) is 9.76. The number of rotatable bonds is 2. The van der Waals surface area contributed by atoms with Crippen molar-refractivity contribution in [2.24, 2.45) is 0 Å². The van der Waals surface area contributed by atoms with Crippen LogP contribution in [0.1, 0.15) is 75.3 Å². The summed E-state index contributed by atoms with van der Waals surface area (Å²) in [6, 6.07) is 2.48. The van der Waals surface area contributed by atoms with Crippen LogP contribution in [0.4, 0.5) is 5.82 Å². The van der Waals surface area contributed by atoms with E-state index in [-0.39, 0.29) is 10.7 Å². The molecular weight excluding hydrogens is 302 g/mol. The largest absolute Gasteiger partial charge is 0.356 e. The van der Waals surface area contributed by atoms with Crippen molar-refractivity contribution in [3.8, 4) is 6.07 Å². The molecule has 0 saturated carbocycles. The zero-order valence-electron chi connectivity index (χ0n) is 14.8. The lowest BCUT2D eigenvalue weighted by molar-refractivity contribution is 0.569. The molecule has 0 bridgehead atoms. The molecule has 3 nitrogen and oxygen atoms in total. The van der Waals surface area contributed by atoms with E-state index in [1.165, 1.54) is 36.2 Å². The Morgan fingerprint density at radius 2 is 1.87 bits per heavy atom. The number of anilines is 1. The van der Waals surface area contributed by atoms with Crippen molar-refractivity contribution in [1.82, 2.24) is 4.98 Å². The SMILES string of the molecule is CC(C)c1nc(N2CCCCC2)c2c(c1C#N)CC(C)(C)SC2. The molecule has 1 aromatic heterocycles. The van der Waals surface area contributed by atoms with E-state index in [1.54, 1.807) is 0 Å². The van der Waals surface area contributed by atoms with Crippen LogP contribution in [0.2, 0.25) is 0 Å². The quantitative estimate of drug-likeness (QED) is 0.793. The fraction of sp³-hybridized carbons (Fsp3) is 0.684. The van der Waals surface area contributed by atoms with Gasteiger partial charge >= 0.3 is 0 Å². The first-order valence-electron chi connectivity index (χ1n) is 8.77. The predicted molar refractivity (Wildman–Crippen MR) is 98.2 cm³/mol. The number of piperidine rings is 1. The smallest absolute Gasteiger partial charge is 0.133 e. The van der Waals surface area contributed by atoms with Gasteiger partial charge < -0.3 is 4.90 Å². The van der Waals surface area contributed by atoms with E-state index in [9.17, 15) is 5.26 Å². The lowest BCUT2D eigenvalue weighted by Gasteiger charge is -2.37. The molecular formula is C19H27N3S. The summed E-state index contributed by atoms with van der Waals surface area (Å²) < 4.78 is 0.202. The van der Waals surface area contributed by atoms with Crippen LogP contribution >= 0.6 is 11.8 Å². The van der Waals surface area contributed by atoms with Crippen molar-refractivity contribution < 1.29 is 0 Å². The molecule has 124 valence electrons. The summed E-state index contributed by atoms with van der Waals surface area (Å²) in [6.07, 6.45) is 4.81. The summed E-state index contributed by atoms with van der Waals surface area (Å²) in [5.41, 5.74) is 4.45. The summed E-state index contributed by atoms with van der Waals surface area (Å²) >= 11 is 2.00. The maximum atomic E-state index is 9.78. The zero-order chi connectivity index (χ0) is 16.6. The number of hydrogen-bond acceptors (Lipinski definition) is 4. The van der Waals surface area contributed by atoms with Gasteiger partial charge in [-0.3, -0.25) is 0 Å². The van der Waals surface area contributed by atoms with Crippen LogP contribution in [0.5, 0.6) is 0 Å². The minimum absolute atomic E-state index is 0.202. The van der Waals surface area contributed by atoms with Crippen molar-refractivity contribution >= 4 is 17.6 Å². The molecule has 0 amide bonds. The molecule has 0 spiro atoms. The Kier molecular flexibility index (Phi) is 4.60. The van der Waals surface area contributed by atoms with Gasteiger partial charge in [-0.05, 0) is 37.2 Å². The Labute approximate surface area is 144 Å². The number of thioether (sulfide) groups is 1. The lowest BCUT2D eigenvalue weighted by atomic mass is 9.89. The Morgan fingerprint density at radius 3 is 2.48 bits per heavy atom. The molecule has 0 radical (unpaired) electrons. The third-order valence-electron chi connectivity index (χ3n) is 4.94. The topological polar surface area (TPSA) is 39.9 Å². The van der Waals surface area contributed by atoms with Crippen LogP contribution in [-0.2, 0) is 12.2 Å². The second-order valence-corrected chi connectivity index (χ2v) is 9.37. The zero-order valence-corrected chi connectivity index (χ0v) is 15.6. The summed E-state index contributed by atoms with van der Waals surface area (Å²) in [5.74, 6) is 2.44. The van der Waals surface area contributed by atoms with Gasteiger partial charge in [0.25, 0.3) is 0 Å². The van der Waals surface area contributed by atoms with Gasteiger partial charge in [-0.25, -0.2) is 4.98 Å². The van der Waals surface area contributed by atoms with E-state index in [0.717, 1.165) is 36.5 Å². The van der Waals surface area contributed by atoms with Crippen molar-refractivity contribution in [1.29, 1.82) is 5.26 Å². The van der Waals surface area contributed by atoms with Gasteiger partial charge in [0.15, 0.2) is 0 Å². The highest BCUT2D eigenvalue weighted by atomic mass is 32.2. The van der Waals surface area contributed by atoms with E-state index >= 15 is 0 Å². The molecule has 1 fully saturated rings. The summed E-state index contributed by atoms with van der Waals surface area (Å²) in [6.45, 7) is 11.1. The Bertz CT molecular complexity index is 637. The summed E-state index contributed by atoms with van der Waals surface area (Å²) in [4.78, 5) is 7.48. The highest BCUT2D eigenvalue weighted by molar-refractivity contribution is 7.99. The molecule has 0 atom stereocenters. The lowest BCUT2D eigenvalue weighted by Crippen LogP contribution is -2.34. The van der Waals surface area contributed by atoms with E-state index < -0.39 is 0 Å². The summed E-state index contributed by atoms with van der Waals surface area (Å²) in [5, 5.41) is 9.78. The number of aromatic nitrogens is 1. The van der Waals surface area contributed by atoms with Crippen molar-refractivity contribution in [2.75, 3.05) is 18.0 Å². The predicted octanol–water partition coefficient (Wildman–Crippen LogP) is 4.63. The molecule has 2 aliphatic rings. The van der Waals surface area contributed by atoms with Gasteiger partial charge in [-0.15, -0.1) is 0 Å². The maximum absolute atomic E-state index is 9.78. The second kappa shape index (κ2) is 6.36. The minimum Gasteiger partial charge on any atom is -0.356 e. The molecule has 4 heteroatoms. The Morgan fingerprint density at radius 1 is 1.17 bits per heavy atom. The van der Waals surface area contributed by atoms with Gasteiger partial charge in [-0.2, -0.15) is 17.0 Å². The van der Waals surface area contributed by atoms with Crippen LogP contribution in [0.25, 0.3) is 0 Å². The first-order chi connectivity index (χ1) is 10.9. The standard InChI is InChI=1S/C19H27N3S/c1-13(2)17-15(11-20)14-10-19(3,4)23-12-16(14)18(21-17)22-8-6-5-7-9-22/h13H,5-10,12H2,1-4H3. The summed E-state index contributed by atoms with van der Waals surface area (Å²) in [7, 11) is 0. The molecule has 23 heavy (non-hydrogen) atoms. The van der Waals surface area contributed by atoms with Crippen LogP contribution in [0.3, 0.4) is 0 Å². The van der Waals surface area contributed by atoms with Crippen LogP contribution < -0.4 is 4.90 Å². The van der Waals surface area contributed by atoms with E-state index in [4.69, 9.17) is 4.98 Å². The van der Waals surface area contributed by atoms with Crippen LogP contribution in [0.15, 0.2) is 0 Å². The maximum Gasteiger partial charge on any atom is 0.133 e. The van der Waals surface area contributed by atoms with E-state index in [1.807, 2.05) is 11.8 Å². The number of hydrogen-bond donors (Lipinski definition) is 0. The normalized spacial score (nSPS) is 20.3. The third-order valence-corrected chi connectivity index (χ3v) is 6.30. The molecule has 2 aliphatic heterocycles. The molecule has 1 aromatic rings. The van der Waals surface area contributed by atoms with E-state index in [0.29, 0.717) is 0 Å². The Hall–Kier alpha value is -1.21. The molecule has 0 unspecified atom stereocenters. The fourth-order valence-electron chi connectivity index (χ4n) is 3.68. The first kappa shape index (κ1) is 16.6. The van der Waals surface area contributed by atoms with Crippen molar-refractivity contribution in [3.63, 3.8) is 0 Å². The number of fused-ring (bicyclic) bond motifs is 1. The molecule has 3 heterocycles. The van der Waals surface area contributed by atoms with Gasteiger partial charge in [0.1, 0.15) is 11.9 Å². The number of nitrogens with zero attached hydrogens (tertiary/aromatic N) is 3. The molecule has 0 aliphatic carbocycles. The average molecular weight is 330 g/mol. The number of pyridine rings is 1.